The number of nitrogens with zero attached hydrogens (tertiary/aromatic N) is 1. The number of likely N-dealkylation sites (tertiary alicyclic amines) is 1. The molecule has 88 valence electrons. The number of likely N-dealkylation sites (N-methyl/N-ethyl adjacent to an activating group) is 1. The molecule has 2 aliphatic rings. The van der Waals surface area contributed by atoms with E-state index in [1.165, 1.54) is 32.5 Å². The molecular formula is C14H20ClN. The summed E-state index contributed by atoms with van der Waals surface area (Å²) in [4.78, 5) is 2.61. The minimum atomic E-state index is 0. The third-order valence-corrected chi connectivity index (χ3v) is 4.20. The standard InChI is InChI=1S/C14H19N.ClH/c1-2-15-9-12-8-7-11-5-3-4-6-13(11)14(12)10-15;/h3-6,12,14H,2,7-10H2,1H3;1H. The molecule has 1 aromatic carbocycles. The normalized spacial score (nSPS) is 28.1. The number of aryl methyl sites for hydroxylation is 1. The van der Waals surface area contributed by atoms with Crippen molar-refractivity contribution < 1.29 is 0 Å². The van der Waals surface area contributed by atoms with E-state index >= 15 is 0 Å². The van der Waals surface area contributed by atoms with Crippen LogP contribution < -0.4 is 0 Å². The molecule has 2 unspecified atom stereocenters. The molecule has 0 saturated carbocycles. The quantitative estimate of drug-likeness (QED) is 0.726. The number of halogens is 1. The van der Waals surface area contributed by atoms with Crippen molar-refractivity contribution in [2.45, 2.75) is 25.7 Å². The minimum Gasteiger partial charge on any atom is -0.303 e. The molecule has 1 saturated heterocycles. The van der Waals surface area contributed by atoms with Crippen molar-refractivity contribution in [1.29, 1.82) is 0 Å². The van der Waals surface area contributed by atoms with Crippen LogP contribution in [0.5, 0.6) is 0 Å². The van der Waals surface area contributed by atoms with Crippen LogP contribution in [0.4, 0.5) is 0 Å². The first-order valence-corrected chi connectivity index (χ1v) is 6.18. The summed E-state index contributed by atoms with van der Waals surface area (Å²) in [6.07, 6.45) is 2.70. The Morgan fingerprint density at radius 2 is 2.06 bits per heavy atom. The summed E-state index contributed by atoms with van der Waals surface area (Å²) in [6, 6.07) is 9.06. The molecule has 1 fully saturated rings. The van der Waals surface area contributed by atoms with E-state index in [9.17, 15) is 0 Å². The third kappa shape index (κ3) is 1.87. The number of fused-ring (bicyclic) bond motifs is 3. The minimum absolute atomic E-state index is 0. The van der Waals surface area contributed by atoms with E-state index in [0.717, 1.165) is 11.8 Å². The summed E-state index contributed by atoms with van der Waals surface area (Å²) in [5.41, 5.74) is 3.25. The van der Waals surface area contributed by atoms with Gasteiger partial charge in [0.2, 0.25) is 0 Å². The monoisotopic (exact) mass is 237 g/mol. The zero-order chi connectivity index (χ0) is 10.3. The predicted molar refractivity (Wildman–Crippen MR) is 70.4 cm³/mol. The van der Waals surface area contributed by atoms with E-state index in [2.05, 4.69) is 36.1 Å². The van der Waals surface area contributed by atoms with Gasteiger partial charge < -0.3 is 4.90 Å². The van der Waals surface area contributed by atoms with Gasteiger partial charge in [-0.2, -0.15) is 0 Å². The molecule has 0 radical (unpaired) electrons. The van der Waals surface area contributed by atoms with Gasteiger partial charge in [-0.3, -0.25) is 0 Å². The predicted octanol–water partition coefficient (Wildman–Crippen LogP) is 3.09. The lowest BCUT2D eigenvalue weighted by molar-refractivity contribution is 0.338. The summed E-state index contributed by atoms with van der Waals surface area (Å²) >= 11 is 0. The smallest absolute Gasteiger partial charge is 0.00535 e. The molecule has 0 N–H and O–H groups in total. The third-order valence-electron chi connectivity index (χ3n) is 4.20. The molecule has 1 heterocycles. The summed E-state index contributed by atoms with van der Waals surface area (Å²) in [7, 11) is 0. The van der Waals surface area contributed by atoms with Gasteiger partial charge in [-0.1, -0.05) is 31.2 Å². The Labute approximate surface area is 104 Å². The first-order chi connectivity index (χ1) is 7.38. The van der Waals surface area contributed by atoms with Crippen molar-refractivity contribution in [2.24, 2.45) is 5.92 Å². The highest BCUT2D eigenvalue weighted by molar-refractivity contribution is 5.85. The molecule has 1 aliphatic carbocycles. The lowest BCUT2D eigenvalue weighted by atomic mass is 9.77. The van der Waals surface area contributed by atoms with Crippen LogP contribution in [-0.2, 0) is 6.42 Å². The maximum Gasteiger partial charge on any atom is 0.00535 e. The SMILES string of the molecule is CCN1CC2CCc3ccccc3C2C1.Cl. The maximum atomic E-state index is 2.61. The Morgan fingerprint density at radius 3 is 2.88 bits per heavy atom. The molecule has 16 heavy (non-hydrogen) atoms. The van der Waals surface area contributed by atoms with E-state index < -0.39 is 0 Å². The first kappa shape index (κ1) is 11.9. The van der Waals surface area contributed by atoms with Crippen molar-refractivity contribution in [3.05, 3.63) is 35.4 Å². The highest BCUT2D eigenvalue weighted by Gasteiger charge is 2.36. The molecule has 0 bridgehead atoms. The molecule has 1 aromatic rings. The van der Waals surface area contributed by atoms with Crippen LogP contribution in [0, 0.1) is 5.92 Å². The molecule has 2 atom stereocenters. The Kier molecular flexibility index (Phi) is 3.56. The zero-order valence-electron chi connectivity index (χ0n) is 9.86. The van der Waals surface area contributed by atoms with E-state index in [1.807, 2.05) is 0 Å². The second-order valence-corrected chi connectivity index (χ2v) is 4.96. The van der Waals surface area contributed by atoms with E-state index in [0.29, 0.717) is 0 Å². The van der Waals surface area contributed by atoms with Gasteiger partial charge in [-0.25, -0.2) is 0 Å². The van der Waals surface area contributed by atoms with Crippen molar-refractivity contribution in [2.75, 3.05) is 19.6 Å². The second-order valence-electron chi connectivity index (χ2n) is 4.96. The van der Waals surface area contributed by atoms with Crippen LogP contribution in [0.3, 0.4) is 0 Å². The Bertz CT molecular complexity index is 364. The van der Waals surface area contributed by atoms with E-state index in [4.69, 9.17) is 0 Å². The van der Waals surface area contributed by atoms with Gasteiger partial charge >= 0.3 is 0 Å². The Morgan fingerprint density at radius 1 is 1.25 bits per heavy atom. The number of rotatable bonds is 1. The average molecular weight is 238 g/mol. The summed E-state index contributed by atoms with van der Waals surface area (Å²) in [5.74, 6) is 1.76. The lowest BCUT2D eigenvalue weighted by Crippen LogP contribution is -2.19. The largest absolute Gasteiger partial charge is 0.303 e. The van der Waals surface area contributed by atoms with Crippen molar-refractivity contribution in [1.82, 2.24) is 4.90 Å². The molecule has 0 spiro atoms. The van der Waals surface area contributed by atoms with Gasteiger partial charge in [-0.05, 0) is 36.4 Å². The Hall–Kier alpha value is -0.530. The number of hydrogen-bond acceptors (Lipinski definition) is 1. The van der Waals surface area contributed by atoms with Gasteiger partial charge in [-0.15, -0.1) is 12.4 Å². The van der Waals surface area contributed by atoms with Crippen LogP contribution in [0.25, 0.3) is 0 Å². The van der Waals surface area contributed by atoms with Crippen molar-refractivity contribution >= 4 is 12.4 Å². The first-order valence-electron chi connectivity index (χ1n) is 6.18. The zero-order valence-corrected chi connectivity index (χ0v) is 10.7. The summed E-state index contributed by atoms with van der Waals surface area (Å²) in [6.45, 7) is 6.12. The molecule has 2 heteroatoms. The van der Waals surface area contributed by atoms with Crippen LogP contribution in [0.15, 0.2) is 24.3 Å². The molecule has 0 amide bonds. The average Bonchev–Trinajstić information content (AvgIpc) is 2.72. The maximum absolute atomic E-state index is 2.61. The fourth-order valence-corrected chi connectivity index (χ4v) is 3.33. The fourth-order valence-electron chi connectivity index (χ4n) is 3.33. The molecular weight excluding hydrogens is 218 g/mol. The topological polar surface area (TPSA) is 3.24 Å². The molecule has 0 aromatic heterocycles. The van der Waals surface area contributed by atoms with Crippen LogP contribution in [0.2, 0.25) is 0 Å². The van der Waals surface area contributed by atoms with Crippen LogP contribution in [-0.4, -0.2) is 24.5 Å². The second kappa shape index (κ2) is 4.77. The van der Waals surface area contributed by atoms with E-state index in [1.54, 1.807) is 11.1 Å². The van der Waals surface area contributed by atoms with E-state index in [-0.39, 0.29) is 12.4 Å². The number of benzene rings is 1. The van der Waals surface area contributed by atoms with Crippen LogP contribution in [0.1, 0.15) is 30.4 Å². The molecule has 1 nitrogen and oxygen atoms in total. The van der Waals surface area contributed by atoms with Gasteiger partial charge in [0, 0.05) is 19.0 Å². The number of hydrogen-bond donors (Lipinski definition) is 0. The Balaban J connectivity index is 0.000000963. The summed E-state index contributed by atoms with van der Waals surface area (Å²) in [5, 5.41) is 0. The van der Waals surface area contributed by atoms with Gasteiger partial charge in [0.05, 0.1) is 0 Å². The summed E-state index contributed by atoms with van der Waals surface area (Å²) < 4.78 is 0. The van der Waals surface area contributed by atoms with Crippen LogP contribution >= 0.6 is 12.4 Å². The highest BCUT2D eigenvalue weighted by atomic mass is 35.5. The molecule has 3 rings (SSSR count). The molecule has 1 aliphatic heterocycles. The lowest BCUT2D eigenvalue weighted by Gasteiger charge is -2.27. The van der Waals surface area contributed by atoms with Crippen molar-refractivity contribution in [3.63, 3.8) is 0 Å². The fraction of sp³-hybridized carbons (Fsp3) is 0.571. The van der Waals surface area contributed by atoms with Crippen molar-refractivity contribution in [3.8, 4) is 0 Å². The van der Waals surface area contributed by atoms with Gasteiger partial charge in [0.25, 0.3) is 0 Å². The van der Waals surface area contributed by atoms with Gasteiger partial charge in [0.1, 0.15) is 0 Å². The van der Waals surface area contributed by atoms with Gasteiger partial charge in [0.15, 0.2) is 0 Å². The highest BCUT2D eigenvalue weighted by Crippen LogP contribution is 2.40.